The number of primary amides is 1. The summed E-state index contributed by atoms with van der Waals surface area (Å²) in [7, 11) is 1.87. The summed E-state index contributed by atoms with van der Waals surface area (Å²) in [6.07, 6.45) is 6.78. The van der Waals surface area contributed by atoms with Gasteiger partial charge in [0.1, 0.15) is 0 Å². The first-order valence-electron chi connectivity index (χ1n) is 7.73. The molecule has 0 aromatic carbocycles. The summed E-state index contributed by atoms with van der Waals surface area (Å²) in [5, 5.41) is 3.21. The number of nitrogens with one attached hydrogen (secondary N) is 1. The number of likely N-dealkylation sites (N-methyl/N-ethyl adjacent to an activating group) is 1. The summed E-state index contributed by atoms with van der Waals surface area (Å²) in [5.74, 6) is 0.705. The third-order valence-corrected chi connectivity index (χ3v) is 4.97. The van der Waals surface area contributed by atoms with E-state index in [-0.39, 0.29) is 5.91 Å². The number of hydrogen-bond donors (Lipinski definition) is 2. The molecule has 2 aliphatic carbocycles. The highest BCUT2D eigenvalue weighted by Crippen LogP contribution is 2.36. The number of rotatable bonds is 6. The second-order valence-electron chi connectivity index (χ2n) is 6.68. The molecule has 2 fully saturated rings. The van der Waals surface area contributed by atoms with E-state index in [1.54, 1.807) is 0 Å². The molecule has 0 bridgehead atoms. The van der Waals surface area contributed by atoms with Gasteiger partial charge in [0.2, 0.25) is 5.91 Å². The molecule has 1 amide bonds. The first-order valence-corrected chi connectivity index (χ1v) is 7.73. The Kier molecular flexibility index (Phi) is 4.51. The van der Waals surface area contributed by atoms with Crippen molar-refractivity contribution >= 4 is 5.91 Å². The fraction of sp³-hybridized carbons (Fsp3) is 0.933. The van der Waals surface area contributed by atoms with E-state index in [2.05, 4.69) is 24.1 Å². The minimum absolute atomic E-state index is 0.185. The summed E-state index contributed by atoms with van der Waals surface area (Å²) < 4.78 is 0. The van der Waals surface area contributed by atoms with E-state index in [9.17, 15) is 4.79 Å². The molecule has 0 radical (unpaired) electrons. The van der Waals surface area contributed by atoms with Crippen LogP contribution >= 0.6 is 0 Å². The predicted octanol–water partition coefficient (Wildman–Crippen LogP) is 1.49. The van der Waals surface area contributed by atoms with Crippen LogP contribution in [0.4, 0.5) is 0 Å². The maximum absolute atomic E-state index is 11.8. The fourth-order valence-electron chi connectivity index (χ4n) is 3.48. The topological polar surface area (TPSA) is 58.4 Å². The Morgan fingerprint density at radius 2 is 2.11 bits per heavy atom. The molecule has 2 unspecified atom stereocenters. The van der Waals surface area contributed by atoms with Crippen molar-refractivity contribution in [2.45, 2.75) is 70.0 Å². The van der Waals surface area contributed by atoms with E-state index in [0.717, 1.165) is 25.2 Å². The van der Waals surface area contributed by atoms with Crippen LogP contribution < -0.4 is 11.1 Å². The van der Waals surface area contributed by atoms with Crippen molar-refractivity contribution in [1.29, 1.82) is 0 Å². The van der Waals surface area contributed by atoms with E-state index in [4.69, 9.17) is 5.73 Å². The molecule has 0 aromatic rings. The van der Waals surface area contributed by atoms with E-state index >= 15 is 0 Å². The van der Waals surface area contributed by atoms with Crippen molar-refractivity contribution in [3.05, 3.63) is 0 Å². The molecule has 2 atom stereocenters. The molecular formula is C15H29N3O. The minimum atomic E-state index is -0.487. The summed E-state index contributed by atoms with van der Waals surface area (Å²) in [5.41, 5.74) is 5.16. The maximum Gasteiger partial charge on any atom is 0.237 e. The Bertz CT molecular complexity index is 327. The Morgan fingerprint density at radius 1 is 1.42 bits per heavy atom. The van der Waals surface area contributed by atoms with Crippen molar-refractivity contribution in [2.24, 2.45) is 11.7 Å². The molecule has 0 heterocycles. The highest BCUT2D eigenvalue weighted by Gasteiger charge is 2.42. The van der Waals surface area contributed by atoms with Crippen molar-refractivity contribution in [2.75, 3.05) is 13.6 Å². The van der Waals surface area contributed by atoms with Crippen molar-refractivity contribution in [3.8, 4) is 0 Å². The van der Waals surface area contributed by atoms with Crippen LogP contribution in [0.2, 0.25) is 0 Å². The van der Waals surface area contributed by atoms with E-state index in [0.29, 0.717) is 12.1 Å². The molecule has 4 heteroatoms. The SMILES string of the molecule is CNC1(C(N)=O)CCCC(N(CC2CC2)C(C)C)C1. The monoisotopic (exact) mass is 267 g/mol. The lowest BCUT2D eigenvalue weighted by molar-refractivity contribution is -0.126. The number of carbonyl (C=O) groups is 1. The molecule has 110 valence electrons. The number of carbonyl (C=O) groups excluding carboxylic acids is 1. The molecule has 0 saturated heterocycles. The summed E-state index contributed by atoms with van der Waals surface area (Å²) in [6, 6.07) is 1.04. The number of nitrogens with two attached hydrogens (primary N) is 1. The largest absolute Gasteiger partial charge is 0.368 e. The van der Waals surface area contributed by atoms with Crippen LogP contribution in [0.1, 0.15) is 52.4 Å². The van der Waals surface area contributed by atoms with Crippen LogP contribution in [0.15, 0.2) is 0 Å². The quantitative estimate of drug-likeness (QED) is 0.766. The molecule has 3 N–H and O–H groups in total. The van der Waals surface area contributed by atoms with E-state index in [1.807, 2.05) is 7.05 Å². The molecule has 2 rings (SSSR count). The molecular weight excluding hydrogens is 238 g/mol. The molecule has 19 heavy (non-hydrogen) atoms. The highest BCUT2D eigenvalue weighted by atomic mass is 16.1. The van der Waals surface area contributed by atoms with Gasteiger partial charge in [0.25, 0.3) is 0 Å². The van der Waals surface area contributed by atoms with Gasteiger partial charge in [0.05, 0.1) is 5.54 Å². The molecule has 0 aliphatic heterocycles. The van der Waals surface area contributed by atoms with Gasteiger partial charge < -0.3 is 11.1 Å². The average molecular weight is 267 g/mol. The number of hydrogen-bond acceptors (Lipinski definition) is 3. The zero-order valence-corrected chi connectivity index (χ0v) is 12.6. The Morgan fingerprint density at radius 3 is 2.58 bits per heavy atom. The third kappa shape index (κ3) is 3.29. The van der Waals surface area contributed by atoms with Crippen LogP contribution in [-0.2, 0) is 4.79 Å². The van der Waals surface area contributed by atoms with Gasteiger partial charge in [-0.1, -0.05) is 0 Å². The van der Waals surface area contributed by atoms with Crippen LogP contribution in [0.3, 0.4) is 0 Å². The van der Waals surface area contributed by atoms with Gasteiger partial charge in [-0.25, -0.2) is 0 Å². The average Bonchev–Trinajstić information content (AvgIpc) is 3.19. The molecule has 4 nitrogen and oxygen atoms in total. The van der Waals surface area contributed by atoms with Crippen molar-refractivity contribution in [1.82, 2.24) is 10.2 Å². The van der Waals surface area contributed by atoms with Gasteiger partial charge in [-0.15, -0.1) is 0 Å². The zero-order valence-electron chi connectivity index (χ0n) is 12.6. The lowest BCUT2D eigenvalue weighted by Crippen LogP contribution is -2.60. The van der Waals surface area contributed by atoms with Crippen LogP contribution in [-0.4, -0.2) is 42.0 Å². The maximum atomic E-state index is 11.8. The molecule has 2 aliphatic rings. The second kappa shape index (κ2) is 5.80. The molecule has 2 saturated carbocycles. The van der Waals surface area contributed by atoms with E-state index < -0.39 is 5.54 Å². The second-order valence-corrected chi connectivity index (χ2v) is 6.68. The number of nitrogens with zero attached hydrogens (tertiary/aromatic N) is 1. The first-order chi connectivity index (χ1) is 8.98. The lowest BCUT2D eigenvalue weighted by Gasteiger charge is -2.44. The first kappa shape index (κ1) is 14.8. The summed E-state index contributed by atoms with van der Waals surface area (Å²) in [6.45, 7) is 5.73. The minimum Gasteiger partial charge on any atom is -0.368 e. The fourth-order valence-corrected chi connectivity index (χ4v) is 3.48. The number of amides is 1. The van der Waals surface area contributed by atoms with Gasteiger partial charge in [-0.2, -0.15) is 0 Å². The Labute approximate surface area is 117 Å². The summed E-state index contributed by atoms with van der Waals surface area (Å²) in [4.78, 5) is 14.4. The predicted molar refractivity (Wildman–Crippen MR) is 77.8 cm³/mol. The summed E-state index contributed by atoms with van der Waals surface area (Å²) >= 11 is 0. The third-order valence-electron chi connectivity index (χ3n) is 4.97. The van der Waals surface area contributed by atoms with Crippen LogP contribution in [0.5, 0.6) is 0 Å². The molecule has 0 aromatic heterocycles. The van der Waals surface area contributed by atoms with Crippen LogP contribution in [0, 0.1) is 5.92 Å². The van der Waals surface area contributed by atoms with Gasteiger partial charge in [0, 0.05) is 18.6 Å². The lowest BCUT2D eigenvalue weighted by atomic mass is 9.77. The van der Waals surface area contributed by atoms with E-state index in [1.165, 1.54) is 25.8 Å². The Balaban J connectivity index is 2.06. The van der Waals surface area contributed by atoms with Crippen molar-refractivity contribution in [3.63, 3.8) is 0 Å². The van der Waals surface area contributed by atoms with Crippen LogP contribution in [0.25, 0.3) is 0 Å². The normalized spacial score (nSPS) is 31.9. The van der Waals surface area contributed by atoms with Gasteiger partial charge >= 0.3 is 0 Å². The smallest absolute Gasteiger partial charge is 0.237 e. The van der Waals surface area contributed by atoms with Gasteiger partial charge in [-0.3, -0.25) is 9.69 Å². The highest BCUT2D eigenvalue weighted by molar-refractivity contribution is 5.84. The standard InChI is InChI=1S/C15H29N3O/c1-11(2)18(10-12-6-7-12)13-5-4-8-15(9-13,17-3)14(16)19/h11-13,17H,4-10H2,1-3H3,(H2,16,19). The zero-order chi connectivity index (χ0) is 14.0. The Hall–Kier alpha value is -0.610. The van der Waals surface area contributed by atoms with Gasteiger partial charge in [-0.05, 0) is 65.3 Å². The van der Waals surface area contributed by atoms with Gasteiger partial charge in [0.15, 0.2) is 0 Å². The molecule has 0 spiro atoms. The van der Waals surface area contributed by atoms with Crippen molar-refractivity contribution < 1.29 is 4.79 Å².